The average Bonchev–Trinajstić information content (AvgIpc) is 1.90. The van der Waals surface area contributed by atoms with Crippen molar-refractivity contribution in [2.45, 2.75) is 18.9 Å². The largest absolute Gasteiger partial charge is 0.329 e. The van der Waals surface area contributed by atoms with Crippen LogP contribution < -0.4 is 16.6 Å². The molecule has 0 aliphatic carbocycles. The Morgan fingerprint density at radius 3 is 2.88 bits per heavy atom. The van der Waals surface area contributed by atoms with Crippen LogP contribution in [0.4, 0.5) is 0 Å². The molecular weight excluding hydrogens is 102 g/mol. The van der Waals surface area contributed by atoms with E-state index in [1.807, 2.05) is 0 Å². The Labute approximate surface area is 49.6 Å². The molecule has 1 saturated heterocycles. The van der Waals surface area contributed by atoms with E-state index in [-0.39, 0.29) is 0 Å². The maximum Gasteiger partial charge on any atom is 0.0335 e. The van der Waals surface area contributed by atoms with Crippen molar-refractivity contribution in [2.75, 3.05) is 13.1 Å². The summed E-state index contributed by atoms with van der Waals surface area (Å²) in [6.45, 7) is 1.82. The first kappa shape index (κ1) is 6.01. The first-order valence-corrected chi connectivity index (χ1v) is 3.12. The zero-order valence-electron chi connectivity index (χ0n) is 4.98. The molecule has 48 valence electrons. The average molecular weight is 115 g/mol. The van der Waals surface area contributed by atoms with Gasteiger partial charge in [-0.05, 0) is 12.8 Å². The van der Waals surface area contributed by atoms with Gasteiger partial charge < -0.3 is 5.73 Å². The molecule has 0 saturated carbocycles. The topological polar surface area (TPSA) is 50.1 Å². The van der Waals surface area contributed by atoms with E-state index in [0.717, 1.165) is 13.1 Å². The van der Waals surface area contributed by atoms with Crippen LogP contribution in [0.25, 0.3) is 0 Å². The van der Waals surface area contributed by atoms with Gasteiger partial charge >= 0.3 is 0 Å². The molecular formula is C5H13N3. The van der Waals surface area contributed by atoms with E-state index in [0.29, 0.717) is 6.04 Å². The number of nitrogens with two attached hydrogens (primary N) is 1. The summed E-state index contributed by atoms with van der Waals surface area (Å²) < 4.78 is 0. The van der Waals surface area contributed by atoms with Crippen molar-refractivity contribution < 1.29 is 0 Å². The van der Waals surface area contributed by atoms with Gasteiger partial charge in [-0.15, -0.1) is 0 Å². The lowest BCUT2D eigenvalue weighted by atomic mass is 10.1. The molecule has 0 bridgehead atoms. The molecule has 1 fully saturated rings. The predicted molar refractivity (Wildman–Crippen MR) is 33.2 cm³/mol. The minimum Gasteiger partial charge on any atom is -0.329 e. The predicted octanol–water partition coefficient (Wildman–Crippen LogP) is -0.798. The maximum atomic E-state index is 5.40. The molecule has 0 aromatic heterocycles. The summed E-state index contributed by atoms with van der Waals surface area (Å²) in [6.07, 6.45) is 2.46. The first-order chi connectivity index (χ1) is 3.93. The zero-order chi connectivity index (χ0) is 5.82. The molecule has 1 unspecified atom stereocenters. The van der Waals surface area contributed by atoms with E-state index >= 15 is 0 Å². The lowest BCUT2D eigenvalue weighted by molar-refractivity contribution is 0.349. The quantitative estimate of drug-likeness (QED) is 0.419. The second-order valence-electron chi connectivity index (χ2n) is 2.15. The Kier molecular flexibility index (Phi) is 2.27. The summed E-state index contributed by atoms with van der Waals surface area (Å²) in [5.41, 5.74) is 11.6. The molecule has 3 heteroatoms. The molecule has 1 heterocycles. The van der Waals surface area contributed by atoms with Crippen LogP contribution in [-0.2, 0) is 0 Å². The Morgan fingerprint density at radius 2 is 2.50 bits per heavy atom. The summed E-state index contributed by atoms with van der Waals surface area (Å²) in [6, 6.07) is 0.503. The highest BCUT2D eigenvalue weighted by atomic mass is 15.4. The maximum absolute atomic E-state index is 5.40. The molecule has 0 aromatic rings. The number of rotatable bonds is 1. The zero-order valence-corrected chi connectivity index (χ0v) is 4.98. The molecule has 0 spiro atoms. The van der Waals surface area contributed by atoms with Crippen molar-refractivity contribution >= 4 is 0 Å². The summed E-state index contributed by atoms with van der Waals surface area (Å²) in [5, 5.41) is 0. The van der Waals surface area contributed by atoms with Crippen LogP contribution in [0, 0.1) is 0 Å². The first-order valence-electron chi connectivity index (χ1n) is 3.12. The van der Waals surface area contributed by atoms with Crippen LogP contribution in [0.2, 0.25) is 0 Å². The molecule has 1 aliphatic rings. The standard InChI is InChI=1S/C5H13N3/c6-4-5-2-1-3-7-8-5/h5,7-8H,1-4,6H2. The summed E-state index contributed by atoms with van der Waals surface area (Å²) in [7, 11) is 0. The summed E-state index contributed by atoms with van der Waals surface area (Å²) >= 11 is 0. The number of hydrogen-bond acceptors (Lipinski definition) is 3. The lowest BCUT2D eigenvalue weighted by Gasteiger charge is -2.22. The van der Waals surface area contributed by atoms with Gasteiger partial charge in [-0.25, -0.2) is 0 Å². The van der Waals surface area contributed by atoms with Crippen molar-refractivity contribution in [1.82, 2.24) is 10.9 Å². The highest BCUT2D eigenvalue weighted by Gasteiger charge is 2.08. The number of nitrogens with one attached hydrogen (secondary N) is 2. The molecule has 0 radical (unpaired) electrons. The molecule has 0 aromatic carbocycles. The van der Waals surface area contributed by atoms with Crippen molar-refractivity contribution in [2.24, 2.45) is 5.73 Å². The monoisotopic (exact) mass is 115 g/mol. The van der Waals surface area contributed by atoms with Crippen LogP contribution in [-0.4, -0.2) is 19.1 Å². The van der Waals surface area contributed by atoms with Gasteiger partial charge in [0.25, 0.3) is 0 Å². The highest BCUT2D eigenvalue weighted by molar-refractivity contribution is 4.69. The summed E-state index contributed by atoms with van der Waals surface area (Å²) in [4.78, 5) is 0. The van der Waals surface area contributed by atoms with Crippen LogP contribution in [0.3, 0.4) is 0 Å². The second-order valence-corrected chi connectivity index (χ2v) is 2.15. The van der Waals surface area contributed by atoms with Gasteiger partial charge in [0, 0.05) is 19.1 Å². The van der Waals surface area contributed by atoms with Crippen molar-refractivity contribution in [3.8, 4) is 0 Å². The van der Waals surface area contributed by atoms with Gasteiger partial charge in [-0.2, -0.15) is 0 Å². The normalized spacial score (nSPS) is 30.4. The van der Waals surface area contributed by atoms with Crippen LogP contribution in [0.1, 0.15) is 12.8 Å². The SMILES string of the molecule is NCC1CCCNN1. The minimum atomic E-state index is 0.503. The fourth-order valence-electron chi connectivity index (χ4n) is 0.902. The van der Waals surface area contributed by atoms with Crippen LogP contribution >= 0.6 is 0 Å². The third kappa shape index (κ3) is 1.43. The van der Waals surface area contributed by atoms with E-state index < -0.39 is 0 Å². The Balaban J connectivity index is 2.13. The van der Waals surface area contributed by atoms with E-state index in [1.54, 1.807) is 0 Å². The van der Waals surface area contributed by atoms with Gasteiger partial charge in [0.1, 0.15) is 0 Å². The Bertz CT molecular complexity index is 58.7. The van der Waals surface area contributed by atoms with Crippen molar-refractivity contribution in [3.63, 3.8) is 0 Å². The van der Waals surface area contributed by atoms with Gasteiger partial charge in [0.05, 0.1) is 0 Å². The van der Waals surface area contributed by atoms with Gasteiger partial charge in [-0.1, -0.05) is 0 Å². The third-order valence-corrected chi connectivity index (χ3v) is 1.45. The molecule has 4 N–H and O–H groups in total. The summed E-state index contributed by atoms with van der Waals surface area (Å²) in [5.74, 6) is 0. The molecule has 0 amide bonds. The smallest absolute Gasteiger partial charge is 0.0335 e. The molecule has 1 aliphatic heterocycles. The third-order valence-electron chi connectivity index (χ3n) is 1.45. The minimum absolute atomic E-state index is 0.503. The lowest BCUT2D eigenvalue weighted by Crippen LogP contribution is -2.49. The molecule has 3 nitrogen and oxygen atoms in total. The fraction of sp³-hybridized carbons (Fsp3) is 1.00. The van der Waals surface area contributed by atoms with Crippen LogP contribution in [0.5, 0.6) is 0 Å². The fourth-order valence-corrected chi connectivity index (χ4v) is 0.902. The molecule has 8 heavy (non-hydrogen) atoms. The second kappa shape index (κ2) is 3.02. The number of hydrazine groups is 1. The van der Waals surface area contributed by atoms with Gasteiger partial charge in [0.15, 0.2) is 0 Å². The van der Waals surface area contributed by atoms with Crippen molar-refractivity contribution in [1.29, 1.82) is 0 Å². The molecule has 1 atom stereocenters. The van der Waals surface area contributed by atoms with Crippen LogP contribution in [0.15, 0.2) is 0 Å². The number of hydrogen-bond donors (Lipinski definition) is 3. The Hall–Kier alpha value is -0.120. The highest BCUT2D eigenvalue weighted by Crippen LogP contribution is 1.96. The Morgan fingerprint density at radius 1 is 1.62 bits per heavy atom. The van der Waals surface area contributed by atoms with Gasteiger partial charge in [0.2, 0.25) is 0 Å². The molecule has 1 rings (SSSR count). The van der Waals surface area contributed by atoms with Gasteiger partial charge in [-0.3, -0.25) is 10.9 Å². The van der Waals surface area contributed by atoms with E-state index in [4.69, 9.17) is 5.73 Å². The van der Waals surface area contributed by atoms with Crippen molar-refractivity contribution in [3.05, 3.63) is 0 Å². The van der Waals surface area contributed by atoms with E-state index in [1.165, 1.54) is 12.8 Å². The van der Waals surface area contributed by atoms with E-state index in [2.05, 4.69) is 10.9 Å². The van der Waals surface area contributed by atoms with E-state index in [9.17, 15) is 0 Å².